The van der Waals surface area contributed by atoms with Crippen molar-refractivity contribution in [3.8, 4) is 5.75 Å². The third-order valence-corrected chi connectivity index (χ3v) is 4.78. The summed E-state index contributed by atoms with van der Waals surface area (Å²) in [6.07, 6.45) is 3.62. The van der Waals surface area contributed by atoms with Crippen LogP contribution in [0.1, 0.15) is 39.5 Å². The van der Waals surface area contributed by atoms with Gasteiger partial charge in [0.2, 0.25) is 5.91 Å². The molecule has 1 fully saturated rings. The number of primary amides is 1. The van der Waals surface area contributed by atoms with Gasteiger partial charge in [0.1, 0.15) is 11.3 Å². The van der Waals surface area contributed by atoms with Gasteiger partial charge in [0.15, 0.2) is 0 Å². The third-order valence-electron chi connectivity index (χ3n) is 4.78. The molecule has 1 aromatic carbocycles. The summed E-state index contributed by atoms with van der Waals surface area (Å²) >= 11 is 0. The number of amides is 1. The summed E-state index contributed by atoms with van der Waals surface area (Å²) < 4.78 is 5.36. The standard InChI is InChI=1S/C17H26N2O2/c1-12(2)13-8-10-17(11-9-13,16(18)20)19-14-6-4-5-7-15(14)21-3/h4-7,12-13,19H,8-11H2,1-3H3,(H2,18,20). The summed E-state index contributed by atoms with van der Waals surface area (Å²) in [4.78, 5) is 12.1. The van der Waals surface area contributed by atoms with Crippen molar-refractivity contribution in [2.45, 2.75) is 45.1 Å². The number of carbonyl (C=O) groups is 1. The maximum absolute atomic E-state index is 12.1. The van der Waals surface area contributed by atoms with Gasteiger partial charge in [0, 0.05) is 0 Å². The fourth-order valence-corrected chi connectivity index (χ4v) is 3.24. The first-order chi connectivity index (χ1) is 9.98. The van der Waals surface area contributed by atoms with Crippen molar-refractivity contribution in [3.63, 3.8) is 0 Å². The number of benzene rings is 1. The summed E-state index contributed by atoms with van der Waals surface area (Å²) in [5, 5.41) is 3.37. The topological polar surface area (TPSA) is 64.3 Å². The van der Waals surface area contributed by atoms with E-state index in [0.29, 0.717) is 11.8 Å². The SMILES string of the molecule is COc1ccccc1NC1(C(N)=O)CCC(C(C)C)CC1. The second-order valence-electron chi connectivity index (χ2n) is 6.35. The minimum atomic E-state index is -0.653. The van der Waals surface area contributed by atoms with E-state index in [2.05, 4.69) is 19.2 Å². The quantitative estimate of drug-likeness (QED) is 0.875. The molecule has 0 aliphatic heterocycles. The normalized spacial score (nSPS) is 25.6. The van der Waals surface area contributed by atoms with Gasteiger partial charge in [-0.05, 0) is 49.7 Å². The molecule has 0 unspecified atom stereocenters. The zero-order valence-electron chi connectivity index (χ0n) is 13.2. The second-order valence-corrected chi connectivity index (χ2v) is 6.35. The van der Waals surface area contributed by atoms with Gasteiger partial charge in [-0.1, -0.05) is 26.0 Å². The van der Waals surface area contributed by atoms with Gasteiger partial charge in [-0.3, -0.25) is 4.79 Å². The Kier molecular flexibility index (Phi) is 4.76. The number of nitrogens with one attached hydrogen (secondary N) is 1. The predicted molar refractivity (Wildman–Crippen MR) is 85.3 cm³/mol. The van der Waals surface area contributed by atoms with E-state index in [1.54, 1.807) is 7.11 Å². The summed E-state index contributed by atoms with van der Waals surface area (Å²) in [5.74, 6) is 1.80. The van der Waals surface area contributed by atoms with Crippen LogP contribution in [-0.2, 0) is 4.79 Å². The molecule has 1 aliphatic carbocycles. The molecule has 1 amide bonds. The van der Waals surface area contributed by atoms with Crippen LogP contribution in [0.5, 0.6) is 5.75 Å². The number of para-hydroxylation sites is 2. The van der Waals surface area contributed by atoms with Crippen molar-refractivity contribution in [1.29, 1.82) is 0 Å². The lowest BCUT2D eigenvalue weighted by Crippen LogP contribution is -2.53. The number of carbonyl (C=O) groups excluding carboxylic acids is 1. The van der Waals surface area contributed by atoms with Crippen LogP contribution in [0.2, 0.25) is 0 Å². The first-order valence-electron chi connectivity index (χ1n) is 7.69. The average molecular weight is 290 g/mol. The molecule has 3 N–H and O–H groups in total. The van der Waals surface area contributed by atoms with Crippen LogP contribution in [-0.4, -0.2) is 18.6 Å². The molecule has 4 heteroatoms. The number of hydrogen-bond donors (Lipinski definition) is 2. The number of anilines is 1. The zero-order valence-corrected chi connectivity index (χ0v) is 13.2. The van der Waals surface area contributed by atoms with E-state index in [0.717, 1.165) is 37.1 Å². The van der Waals surface area contributed by atoms with E-state index in [1.165, 1.54) is 0 Å². The van der Waals surface area contributed by atoms with E-state index < -0.39 is 5.54 Å². The fraction of sp³-hybridized carbons (Fsp3) is 0.588. The Balaban J connectivity index is 2.19. The number of rotatable bonds is 5. The summed E-state index contributed by atoms with van der Waals surface area (Å²) in [6.45, 7) is 4.49. The lowest BCUT2D eigenvalue weighted by molar-refractivity contribution is -0.123. The Morgan fingerprint density at radius 2 is 1.95 bits per heavy atom. The molecule has 21 heavy (non-hydrogen) atoms. The molecule has 0 spiro atoms. The maximum atomic E-state index is 12.1. The summed E-state index contributed by atoms with van der Waals surface area (Å²) in [5.41, 5.74) is 5.90. The third kappa shape index (κ3) is 3.31. The molecule has 1 aromatic rings. The highest BCUT2D eigenvalue weighted by atomic mass is 16.5. The Bertz CT molecular complexity index is 491. The number of hydrogen-bond acceptors (Lipinski definition) is 3. The van der Waals surface area contributed by atoms with Crippen LogP contribution in [0.15, 0.2) is 24.3 Å². The Morgan fingerprint density at radius 3 is 2.48 bits per heavy atom. The van der Waals surface area contributed by atoms with E-state index in [1.807, 2.05) is 24.3 Å². The number of nitrogens with two attached hydrogens (primary N) is 1. The lowest BCUT2D eigenvalue weighted by atomic mass is 9.72. The molecule has 2 rings (SSSR count). The molecular weight excluding hydrogens is 264 g/mol. The van der Waals surface area contributed by atoms with E-state index in [4.69, 9.17) is 10.5 Å². The average Bonchev–Trinajstić information content (AvgIpc) is 2.48. The number of ether oxygens (including phenoxy) is 1. The van der Waals surface area contributed by atoms with Gasteiger partial charge in [-0.2, -0.15) is 0 Å². The van der Waals surface area contributed by atoms with Crippen molar-refractivity contribution < 1.29 is 9.53 Å². The van der Waals surface area contributed by atoms with Crippen molar-refractivity contribution >= 4 is 11.6 Å². The van der Waals surface area contributed by atoms with Gasteiger partial charge >= 0.3 is 0 Å². The monoisotopic (exact) mass is 290 g/mol. The lowest BCUT2D eigenvalue weighted by Gasteiger charge is -2.40. The predicted octanol–water partition coefficient (Wildman–Crippen LogP) is 3.18. The van der Waals surface area contributed by atoms with Crippen LogP contribution in [0.3, 0.4) is 0 Å². The minimum absolute atomic E-state index is 0.268. The summed E-state index contributed by atoms with van der Waals surface area (Å²) in [7, 11) is 1.63. The molecule has 4 nitrogen and oxygen atoms in total. The highest BCUT2D eigenvalue weighted by Gasteiger charge is 2.41. The molecule has 0 saturated heterocycles. The molecule has 0 radical (unpaired) electrons. The Hall–Kier alpha value is -1.71. The molecular formula is C17H26N2O2. The zero-order chi connectivity index (χ0) is 15.5. The molecule has 1 saturated carbocycles. The van der Waals surface area contributed by atoms with E-state index in [-0.39, 0.29) is 5.91 Å². The summed E-state index contributed by atoms with van der Waals surface area (Å²) in [6, 6.07) is 7.66. The highest BCUT2D eigenvalue weighted by molar-refractivity contribution is 5.88. The molecule has 0 heterocycles. The van der Waals surface area contributed by atoms with Crippen LogP contribution in [0, 0.1) is 11.8 Å². The first kappa shape index (κ1) is 15.7. The number of methoxy groups -OCH3 is 1. The largest absolute Gasteiger partial charge is 0.495 e. The van der Waals surface area contributed by atoms with Crippen LogP contribution in [0.25, 0.3) is 0 Å². The van der Waals surface area contributed by atoms with Crippen molar-refractivity contribution in [3.05, 3.63) is 24.3 Å². The molecule has 0 atom stereocenters. The Morgan fingerprint density at radius 1 is 1.33 bits per heavy atom. The Labute approximate surface area is 127 Å². The van der Waals surface area contributed by atoms with E-state index in [9.17, 15) is 4.79 Å². The second kappa shape index (κ2) is 6.37. The van der Waals surface area contributed by atoms with Gasteiger partial charge in [0.25, 0.3) is 0 Å². The highest BCUT2D eigenvalue weighted by Crippen LogP contribution is 2.39. The van der Waals surface area contributed by atoms with Gasteiger partial charge < -0.3 is 15.8 Å². The minimum Gasteiger partial charge on any atom is -0.495 e. The molecule has 116 valence electrons. The van der Waals surface area contributed by atoms with Crippen LogP contribution >= 0.6 is 0 Å². The molecule has 1 aliphatic rings. The van der Waals surface area contributed by atoms with Gasteiger partial charge in [-0.25, -0.2) is 0 Å². The van der Waals surface area contributed by atoms with Crippen LogP contribution < -0.4 is 15.8 Å². The maximum Gasteiger partial charge on any atom is 0.243 e. The molecule has 0 bridgehead atoms. The van der Waals surface area contributed by atoms with Crippen molar-refractivity contribution in [1.82, 2.24) is 0 Å². The van der Waals surface area contributed by atoms with Crippen molar-refractivity contribution in [2.75, 3.05) is 12.4 Å². The van der Waals surface area contributed by atoms with Gasteiger partial charge in [0.05, 0.1) is 12.8 Å². The van der Waals surface area contributed by atoms with Crippen molar-refractivity contribution in [2.24, 2.45) is 17.6 Å². The molecule has 0 aromatic heterocycles. The first-order valence-corrected chi connectivity index (χ1v) is 7.69. The fourth-order valence-electron chi connectivity index (χ4n) is 3.24. The van der Waals surface area contributed by atoms with Crippen LogP contribution in [0.4, 0.5) is 5.69 Å². The van der Waals surface area contributed by atoms with E-state index >= 15 is 0 Å². The smallest absolute Gasteiger partial charge is 0.243 e. The van der Waals surface area contributed by atoms with Gasteiger partial charge in [-0.15, -0.1) is 0 Å².